The molecule has 1 aliphatic rings. The highest BCUT2D eigenvalue weighted by Crippen LogP contribution is 2.14. The lowest BCUT2D eigenvalue weighted by molar-refractivity contribution is -0.118. The molecule has 84 valence electrons. The van der Waals surface area contributed by atoms with Crippen LogP contribution in [0.2, 0.25) is 0 Å². The second kappa shape index (κ2) is 4.45. The monoisotopic (exact) mass is 227 g/mol. The summed E-state index contributed by atoms with van der Waals surface area (Å²) in [5.74, 6) is 0.175. The molecule has 0 atom stereocenters. The van der Waals surface area contributed by atoms with Gasteiger partial charge in [-0.3, -0.25) is 10.1 Å². The van der Waals surface area contributed by atoms with Crippen LogP contribution < -0.4 is 11.1 Å². The summed E-state index contributed by atoms with van der Waals surface area (Å²) in [4.78, 5) is 19.3. The summed E-state index contributed by atoms with van der Waals surface area (Å²) in [5, 5.41) is 11.0. The van der Waals surface area contributed by atoms with E-state index in [4.69, 9.17) is 11.0 Å². The van der Waals surface area contributed by atoms with Crippen molar-refractivity contribution in [3.63, 3.8) is 0 Å². The lowest BCUT2D eigenvalue weighted by atomic mass is 10.2. The van der Waals surface area contributed by atoms with E-state index in [1.165, 1.54) is 0 Å². The summed E-state index contributed by atoms with van der Waals surface area (Å²) in [6.07, 6.45) is 0.0979. The summed E-state index contributed by atoms with van der Waals surface area (Å²) in [5.41, 5.74) is 6.59. The zero-order valence-corrected chi connectivity index (χ0v) is 8.84. The van der Waals surface area contributed by atoms with E-state index in [1.807, 2.05) is 6.07 Å². The summed E-state index contributed by atoms with van der Waals surface area (Å²) < 4.78 is 0. The van der Waals surface area contributed by atoms with E-state index in [1.54, 1.807) is 24.3 Å². The van der Waals surface area contributed by atoms with Crippen molar-refractivity contribution in [1.29, 1.82) is 5.26 Å². The first-order valence-electron chi connectivity index (χ1n) is 4.89. The molecule has 0 unspecified atom stereocenters. The van der Waals surface area contributed by atoms with Gasteiger partial charge in [-0.25, -0.2) is 4.99 Å². The number of nitrogens with one attached hydrogen (secondary N) is 1. The molecule has 0 radical (unpaired) electrons. The standard InChI is InChI=1S/C11H9N5O/c12-6-7-1-3-8(4-2-7)14-9-5-10(17)16-11(13)15-9/h1-4H,5H2,(H3,13,14,15,16,17). The fraction of sp³-hybridized carbons (Fsp3) is 0.0909. The molecule has 1 aromatic carbocycles. The molecule has 6 heteroatoms. The van der Waals surface area contributed by atoms with Crippen LogP contribution in [-0.4, -0.2) is 17.7 Å². The Morgan fingerprint density at radius 1 is 1.41 bits per heavy atom. The van der Waals surface area contributed by atoms with Gasteiger partial charge in [-0.1, -0.05) is 0 Å². The van der Waals surface area contributed by atoms with E-state index in [-0.39, 0.29) is 18.3 Å². The molecule has 0 fully saturated rings. The van der Waals surface area contributed by atoms with Gasteiger partial charge in [0.25, 0.3) is 0 Å². The number of aliphatic imine (C=N–C) groups is 2. The molecule has 1 aromatic rings. The molecule has 3 N–H and O–H groups in total. The number of carbonyl (C=O) groups excluding carboxylic acids is 1. The molecule has 0 bridgehead atoms. The van der Waals surface area contributed by atoms with Crippen molar-refractivity contribution in [2.45, 2.75) is 6.42 Å². The molecule has 0 aliphatic carbocycles. The Balaban J connectivity index is 2.27. The van der Waals surface area contributed by atoms with E-state index >= 15 is 0 Å². The van der Waals surface area contributed by atoms with Crippen LogP contribution in [0.4, 0.5) is 5.69 Å². The second-order valence-corrected chi connectivity index (χ2v) is 3.41. The normalized spacial score (nSPS) is 17.2. The van der Waals surface area contributed by atoms with E-state index in [0.717, 1.165) is 0 Å². The Hall–Kier alpha value is -2.68. The third kappa shape index (κ3) is 2.66. The second-order valence-electron chi connectivity index (χ2n) is 3.41. The van der Waals surface area contributed by atoms with Crippen LogP contribution in [-0.2, 0) is 4.79 Å². The number of rotatable bonds is 1. The Morgan fingerprint density at radius 3 is 2.71 bits per heavy atom. The fourth-order valence-corrected chi connectivity index (χ4v) is 1.36. The van der Waals surface area contributed by atoms with E-state index in [9.17, 15) is 4.79 Å². The van der Waals surface area contributed by atoms with Gasteiger partial charge < -0.3 is 5.73 Å². The van der Waals surface area contributed by atoms with Crippen molar-refractivity contribution in [2.75, 3.05) is 0 Å². The highest BCUT2D eigenvalue weighted by atomic mass is 16.1. The maximum atomic E-state index is 11.2. The average Bonchev–Trinajstić information content (AvgIpc) is 2.28. The predicted molar refractivity (Wildman–Crippen MR) is 62.6 cm³/mol. The molecule has 0 spiro atoms. The third-order valence-electron chi connectivity index (χ3n) is 2.09. The van der Waals surface area contributed by atoms with Crippen molar-refractivity contribution in [2.24, 2.45) is 15.7 Å². The van der Waals surface area contributed by atoms with Crippen LogP contribution in [0.15, 0.2) is 34.3 Å². The molecular weight excluding hydrogens is 218 g/mol. The number of benzene rings is 1. The van der Waals surface area contributed by atoms with Gasteiger partial charge in [-0.05, 0) is 24.3 Å². The number of hydrogen-bond donors (Lipinski definition) is 2. The van der Waals surface area contributed by atoms with Crippen molar-refractivity contribution < 1.29 is 4.79 Å². The fourth-order valence-electron chi connectivity index (χ4n) is 1.36. The predicted octanol–water partition coefficient (Wildman–Crippen LogP) is 0.423. The Bertz CT molecular complexity index is 550. The zero-order chi connectivity index (χ0) is 12.3. The van der Waals surface area contributed by atoms with Gasteiger partial charge in [-0.15, -0.1) is 0 Å². The number of nitrogens with zero attached hydrogens (tertiary/aromatic N) is 3. The molecule has 17 heavy (non-hydrogen) atoms. The molecule has 1 heterocycles. The van der Waals surface area contributed by atoms with Crippen LogP contribution in [0.25, 0.3) is 0 Å². The topological polar surface area (TPSA) is 104 Å². The van der Waals surface area contributed by atoms with Crippen LogP contribution >= 0.6 is 0 Å². The lowest BCUT2D eigenvalue weighted by Crippen LogP contribution is -2.41. The Morgan fingerprint density at radius 2 is 2.12 bits per heavy atom. The van der Waals surface area contributed by atoms with E-state index < -0.39 is 0 Å². The van der Waals surface area contributed by atoms with Crippen molar-refractivity contribution in [3.8, 4) is 6.07 Å². The minimum Gasteiger partial charge on any atom is -0.369 e. The first-order chi connectivity index (χ1) is 8.17. The molecule has 0 aromatic heterocycles. The quantitative estimate of drug-likeness (QED) is 0.726. The highest BCUT2D eigenvalue weighted by Gasteiger charge is 2.14. The van der Waals surface area contributed by atoms with E-state index in [2.05, 4.69) is 15.3 Å². The zero-order valence-electron chi connectivity index (χ0n) is 8.84. The molecule has 1 amide bonds. The minimum absolute atomic E-state index is 0.0497. The summed E-state index contributed by atoms with van der Waals surface area (Å²) >= 11 is 0. The maximum Gasteiger partial charge on any atom is 0.234 e. The smallest absolute Gasteiger partial charge is 0.234 e. The van der Waals surface area contributed by atoms with E-state index in [0.29, 0.717) is 17.1 Å². The van der Waals surface area contributed by atoms with Gasteiger partial charge in [0.15, 0.2) is 0 Å². The molecule has 2 rings (SSSR count). The maximum absolute atomic E-state index is 11.2. The Kier molecular flexibility index (Phi) is 2.83. The average molecular weight is 227 g/mol. The lowest BCUT2D eigenvalue weighted by Gasteiger charge is -2.10. The molecule has 0 saturated carbocycles. The molecule has 6 nitrogen and oxygen atoms in total. The van der Waals surface area contributed by atoms with Crippen LogP contribution in [0.3, 0.4) is 0 Å². The number of hydrogen-bond acceptors (Lipinski definition) is 4. The van der Waals surface area contributed by atoms with Crippen molar-refractivity contribution in [1.82, 2.24) is 5.32 Å². The van der Waals surface area contributed by atoms with Gasteiger partial charge in [0, 0.05) is 0 Å². The largest absolute Gasteiger partial charge is 0.369 e. The summed E-state index contributed by atoms with van der Waals surface area (Å²) in [6, 6.07) is 8.68. The number of amidine groups is 1. The first-order valence-corrected chi connectivity index (χ1v) is 4.89. The third-order valence-corrected chi connectivity index (χ3v) is 2.09. The molecule has 0 saturated heterocycles. The minimum atomic E-state index is -0.232. The molecular formula is C11H9N5O. The number of guanidine groups is 1. The van der Waals surface area contributed by atoms with Crippen LogP contribution in [0, 0.1) is 11.3 Å². The van der Waals surface area contributed by atoms with Gasteiger partial charge in [0.2, 0.25) is 11.9 Å². The van der Waals surface area contributed by atoms with Gasteiger partial charge in [0.1, 0.15) is 5.84 Å². The number of carbonyl (C=O) groups is 1. The number of nitrogens with two attached hydrogens (primary N) is 1. The SMILES string of the molecule is N#Cc1ccc(N=C2CC(=O)NC(N)=N2)cc1. The number of amides is 1. The van der Waals surface area contributed by atoms with Crippen LogP contribution in [0.5, 0.6) is 0 Å². The van der Waals surface area contributed by atoms with Crippen molar-refractivity contribution >= 4 is 23.4 Å². The van der Waals surface area contributed by atoms with Gasteiger partial charge in [-0.2, -0.15) is 10.3 Å². The first kappa shape index (κ1) is 10.8. The summed E-state index contributed by atoms with van der Waals surface area (Å²) in [6.45, 7) is 0. The van der Waals surface area contributed by atoms with Gasteiger partial charge in [0.05, 0.1) is 23.7 Å². The molecule has 1 aliphatic heterocycles. The van der Waals surface area contributed by atoms with Gasteiger partial charge >= 0.3 is 0 Å². The van der Waals surface area contributed by atoms with Crippen LogP contribution in [0.1, 0.15) is 12.0 Å². The highest BCUT2D eigenvalue weighted by molar-refractivity contribution is 6.15. The van der Waals surface area contributed by atoms with Crippen molar-refractivity contribution in [3.05, 3.63) is 29.8 Å². The Labute approximate surface area is 97.5 Å². The summed E-state index contributed by atoms with van der Waals surface area (Å²) in [7, 11) is 0. The number of nitriles is 1.